The highest BCUT2D eigenvalue weighted by Crippen LogP contribution is 2.38. The maximum Gasteiger partial charge on any atom is 0.00930 e. The molecule has 1 aliphatic carbocycles. The molecule has 118 valence electrons. The van der Waals surface area contributed by atoms with E-state index in [1.165, 1.54) is 64.6 Å². The number of hydrogen-bond donors (Lipinski definition) is 1. The van der Waals surface area contributed by atoms with Crippen LogP contribution in [0.15, 0.2) is 0 Å². The van der Waals surface area contributed by atoms with Gasteiger partial charge in [-0.1, -0.05) is 39.5 Å². The van der Waals surface area contributed by atoms with Crippen molar-refractivity contribution < 1.29 is 0 Å². The average Bonchev–Trinajstić information content (AvgIpc) is 2.62. The predicted molar refractivity (Wildman–Crippen MR) is 88.0 cm³/mol. The van der Waals surface area contributed by atoms with Crippen molar-refractivity contribution in [2.75, 3.05) is 26.7 Å². The number of piperidine rings is 1. The Morgan fingerprint density at radius 3 is 2.30 bits per heavy atom. The van der Waals surface area contributed by atoms with Gasteiger partial charge in [-0.15, -0.1) is 0 Å². The van der Waals surface area contributed by atoms with Crippen LogP contribution in [-0.2, 0) is 0 Å². The fourth-order valence-electron chi connectivity index (χ4n) is 4.72. The Bertz CT molecular complexity index is 281. The maximum absolute atomic E-state index is 3.51. The minimum atomic E-state index is 0.538. The minimum absolute atomic E-state index is 0.538. The van der Waals surface area contributed by atoms with Crippen molar-refractivity contribution in [2.24, 2.45) is 17.3 Å². The van der Waals surface area contributed by atoms with Crippen molar-refractivity contribution in [3.8, 4) is 0 Å². The monoisotopic (exact) mass is 280 g/mol. The molecule has 0 bridgehead atoms. The summed E-state index contributed by atoms with van der Waals surface area (Å²) in [5.41, 5.74) is 0.538. The standard InChI is InChI=1S/C18H36N2/c1-15-11-16(2)17(3)20(12-15)14-18(13-19-4)9-7-5-6-8-10-18/h15-17,19H,5-14H2,1-4H3. The molecule has 0 radical (unpaired) electrons. The third kappa shape index (κ3) is 3.98. The highest BCUT2D eigenvalue weighted by molar-refractivity contribution is 4.91. The van der Waals surface area contributed by atoms with E-state index in [0.717, 1.165) is 17.9 Å². The Balaban J connectivity index is 2.05. The molecule has 0 spiro atoms. The van der Waals surface area contributed by atoms with E-state index in [1.807, 2.05) is 0 Å². The van der Waals surface area contributed by atoms with Crippen molar-refractivity contribution in [3.63, 3.8) is 0 Å². The Morgan fingerprint density at radius 1 is 1.05 bits per heavy atom. The molecule has 1 N–H and O–H groups in total. The van der Waals surface area contributed by atoms with Crippen LogP contribution in [0, 0.1) is 17.3 Å². The third-order valence-corrected chi connectivity index (χ3v) is 5.97. The molecule has 1 saturated heterocycles. The first kappa shape index (κ1) is 16.3. The van der Waals surface area contributed by atoms with E-state index in [2.05, 4.69) is 38.0 Å². The summed E-state index contributed by atoms with van der Waals surface area (Å²) in [4.78, 5) is 2.82. The molecule has 2 heteroatoms. The lowest BCUT2D eigenvalue weighted by atomic mass is 9.77. The second-order valence-corrected chi connectivity index (χ2v) is 7.93. The summed E-state index contributed by atoms with van der Waals surface area (Å²) in [5.74, 6) is 1.73. The highest BCUT2D eigenvalue weighted by Gasteiger charge is 2.37. The molecule has 2 nitrogen and oxygen atoms in total. The van der Waals surface area contributed by atoms with Gasteiger partial charge in [0, 0.05) is 25.7 Å². The van der Waals surface area contributed by atoms with Crippen molar-refractivity contribution >= 4 is 0 Å². The number of likely N-dealkylation sites (tertiary alicyclic amines) is 1. The van der Waals surface area contributed by atoms with Crippen LogP contribution in [-0.4, -0.2) is 37.6 Å². The summed E-state index contributed by atoms with van der Waals surface area (Å²) in [5, 5.41) is 3.51. The number of nitrogens with one attached hydrogen (secondary N) is 1. The topological polar surface area (TPSA) is 15.3 Å². The van der Waals surface area contributed by atoms with Gasteiger partial charge in [0.25, 0.3) is 0 Å². The van der Waals surface area contributed by atoms with Gasteiger partial charge in [0.1, 0.15) is 0 Å². The summed E-state index contributed by atoms with van der Waals surface area (Å²) >= 11 is 0. The van der Waals surface area contributed by atoms with Crippen LogP contribution in [0.25, 0.3) is 0 Å². The lowest BCUT2D eigenvalue weighted by molar-refractivity contribution is 0.0300. The van der Waals surface area contributed by atoms with Crippen LogP contribution in [0.2, 0.25) is 0 Å². The third-order valence-electron chi connectivity index (χ3n) is 5.97. The summed E-state index contributed by atoms with van der Waals surface area (Å²) in [7, 11) is 2.14. The van der Waals surface area contributed by atoms with Crippen LogP contribution in [0.1, 0.15) is 65.7 Å². The molecule has 2 rings (SSSR count). The van der Waals surface area contributed by atoms with Gasteiger partial charge in [0.15, 0.2) is 0 Å². The van der Waals surface area contributed by atoms with Crippen molar-refractivity contribution in [1.82, 2.24) is 10.2 Å². The summed E-state index contributed by atoms with van der Waals surface area (Å²) in [6.07, 6.45) is 10.1. The molecule has 20 heavy (non-hydrogen) atoms. The van der Waals surface area contributed by atoms with Crippen LogP contribution in [0.5, 0.6) is 0 Å². The quantitative estimate of drug-likeness (QED) is 0.785. The maximum atomic E-state index is 3.51. The first-order valence-corrected chi connectivity index (χ1v) is 8.95. The van der Waals surface area contributed by atoms with Gasteiger partial charge in [0.05, 0.1) is 0 Å². The SMILES string of the molecule is CNCC1(CN2CC(C)CC(C)C2C)CCCCCC1. The molecule has 0 aromatic carbocycles. The van der Waals surface area contributed by atoms with Crippen molar-refractivity contribution in [1.29, 1.82) is 0 Å². The molecule has 2 aliphatic rings. The Hall–Kier alpha value is -0.0800. The molecule has 0 amide bonds. The van der Waals surface area contributed by atoms with Crippen LogP contribution < -0.4 is 5.32 Å². The zero-order valence-corrected chi connectivity index (χ0v) is 14.3. The average molecular weight is 280 g/mol. The molecule has 1 aliphatic heterocycles. The molecular formula is C18H36N2. The second-order valence-electron chi connectivity index (χ2n) is 7.93. The van der Waals surface area contributed by atoms with E-state index < -0.39 is 0 Å². The van der Waals surface area contributed by atoms with Crippen LogP contribution >= 0.6 is 0 Å². The summed E-state index contributed by atoms with van der Waals surface area (Å²) in [6, 6.07) is 0.767. The van der Waals surface area contributed by atoms with Gasteiger partial charge in [0.2, 0.25) is 0 Å². The molecule has 3 atom stereocenters. The van der Waals surface area contributed by atoms with Gasteiger partial charge in [-0.25, -0.2) is 0 Å². The molecular weight excluding hydrogens is 244 g/mol. The predicted octanol–water partition coefficient (Wildman–Crippen LogP) is 3.91. The zero-order chi connectivity index (χ0) is 14.6. The molecule has 0 aromatic rings. The second kappa shape index (κ2) is 7.26. The fraction of sp³-hybridized carbons (Fsp3) is 1.00. The lowest BCUT2D eigenvalue weighted by Crippen LogP contribution is -2.52. The highest BCUT2D eigenvalue weighted by atomic mass is 15.2. The van der Waals surface area contributed by atoms with Gasteiger partial charge in [-0.2, -0.15) is 0 Å². The van der Waals surface area contributed by atoms with Gasteiger partial charge in [-0.05, 0) is 50.5 Å². The summed E-state index contributed by atoms with van der Waals surface area (Å²) in [6.45, 7) is 11.2. The van der Waals surface area contributed by atoms with Crippen molar-refractivity contribution in [3.05, 3.63) is 0 Å². The molecule has 3 unspecified atom stereocenters. The first-order valence-electron chi connectivity index (χ1n) is 8.95. The minimum Gasteiger partial charge on any atom is -0.319 e. The number of rotatable bonds is 4. The van der Waals surface area contributed by atoms with Crippen LogP contribution in [0.4, 0.5) is 0 Å². The summed E-state index contributed by atoms with van der Waals surface area (Å²) < 4.78 is 0. The first-order chi connectivity index (χ1) is 9.56. The molecule has 2 fully saturated rings. The van der Waals surface area contributed by atoms with E-state index in [0.29, 0.717) is 5.41 Å². The molecule has 0 aromatic heterocycles. The number of hydrogen-bond acceptors (Lipinski definition) is 2. The van der Waals surface area contributed by atoms with E-state index in [4.69, 9.17) is 0 Å². The Kier molecular flexibility index (Phi) is 5.92. The normalized spacial score (nSPS) is 35.7. The van der Waals surface area contributed by atoms with Gasteiger partial charge in [-0.3, -0.25) is 4.90 Å². The lowest BCUT2D eigenvalue weighted by Gasteiger charge is -2.46. The van der Waals surface area contributed by atoms with E-state index >= 15 is 0 Å². The van der Waals surface area contributed by atoms with Crippen LogP contribution in [0.3, 0.4) is 0 Å². The van der Waals surface area contributed by atoms with E-state index in [-0.39, 0.29) is 0 Å². The van der Waals surface area contributed by atoms with E-state index in [1.54, 1.807) is 0 Å². The van der Waals surface area contributed by atoms with Gasteiger partial charge >= 0.3 is 0 Å². The Morgan fingerprint density at radius 2 is 1.70 bits per heavy atom. The zero-order valence-electron chi connectivity index (χ0n) is 14.3. The smallest absolute Gasteiger partial charge is 0.00930 e. The fourth-order valence-corrected chi connectivity index (χ4v) is 4.72. The van der Waals surface area contributed by atoms with Crippen molar-refractivity contribution in [2.45, 2.75) is 71.8 Å². The number of nitrogens with zero attached hydrogens (tertiary/aromatic N) is 1. The Labute approximate surface area is 126 Å². The molecule has 1 heterocycles. The van der Waals surface area contributed by atoms with E-state index in [9.17, 15) is 0 Å². The van der Waals surface area contributed by atoms with Gasteiger partial charge < -0.3 is 5.32 Å². The largest absolute Gasteiger partial charge is 0.319 e. The molecule has 1 saturated carbocycles.